The predicted octanol–water partition coefficient (Wildman–Crippen LogP) is 3.60. The molecule has 0 radical (unpaired) electrons. The van der Waals surface area contributed by atoms with Crippen molar-refractivity contribution in [1.29, 1.82) is 0 Å². The molecule has 1 heterocycles. The maximum Gasteiger partial charge on any atom is 0.413 e. The highest BCUT2D eigenvalue weighted by Crippen LogP contribution is 2.20. The van der Waals surface area contributed by atoms with Gasteiger partial charge in [-0.05, 0) is 65.1 Å². The highest BCUT2D eigenvalue weighted by atomic mass is 127. The lowest BCUT2D eigenvalue weighted by atomic mass is 10.2. The zero-order valence-corrected chi connectivity index (χ0v) is 14.7. The summed E-state index contributed by atoms with van der Waals surface area (Å²) in [5.74, 6) is 0.0798. The molecule has 2 aromatic carbocycles. The Labute approximate surface area is 150 Å². The topological polar surface area (TPSA) is 96.1 Å². The third kappa shape index (κ3) is 3.65. The van der Waals surface area contributed by atoms with Crippen LogP contribution in [0.2, 0.25) is 0 Å². The van der Waals surface area contributed by atoms with Crippen molar-refractivity contribution in [1.82, 2.24) is 9.97 Å². The Kier molecular flexibility index (Phi) is 4.65. The van der Waals surface area contributed by atoms with E-state index in [1.165, 1.54) is 7.11 Å². The van der Waals surface area contributed by atoms with Gasteiger partial charge in [0.15, 0.2) is 0 Å². The fourth-order valence-corrected chi connectivity index (χ4v) is 2.46. The van der Waals surface area contributed by atoms with Crippen LogP contribution in [-0.2, 0) is 4.74 Å². The fourth-order valence-electron chi connectivity index (χ4n) is 2.10. The summed E-state index contributed by atoms with van der Waals surface area (Å²) in [7, 11) is 1.27. The Bertz CT molecular complexity index is 905. The lowest BCUT2D eigenvalue weighted by Gasteiger charge is -2.05. The van der Waals surface area contributed by atoms with E-state index in [0.717, 1.165) is 3.57 Å². The summed E-state index contributed by atoms with van der Waals surface area (Å²) in [5.41, 5.74) is 2.54. The highest BCUT2D eigenvalue weighted by molar-refractivity contribution is 14.1. The Morgan fingerprint density at radius 3 is 2.58 bits per heavy atom. The molecule has 8 heteroatoms. The number of rotatable bonds is 3. The van der Waals surface area contributed by atoms with Crippen LogP contribution in [0.25, 0.3) is 11.0 Å². The minimum Gasteiger partial charge on any atom is -0.453 e. The Balaban J connectivity index is 1.78. The standard InChI is InChI=1S/C16H13IN4O3/c1-24-16(23)21-15-19-12-7-6-11(8-13(12)20-15)18-14(22)9-2-4-10(17)5-3-9/h2-8H,1H3,(H,18,22)(H2,19,20,21,23). The SMILES string of the molecule is COC(=O)Nc1nc2ccc(NC(=O)c3ccc(I)cc3)cc2[nH]1. The number of carbonyl (C=O) groups is 2. The zero-order chi connectivity index (χ0) is 17.1. The number of fused-ring (bicyclic) bond motifs is 1. The van der Waals surface area contributed by atoms with Gasteiger partial charge in [-0.3, -0.25) is 10.1 Å². The number of imidazole rings is 1. The normalized spacial score (nSPS) is 10.4. The molecular formula is C16H13IN4O3. The van der Waals surface area contributed by atoms with Crippen molar-refractivity contribution in [2.24, 2.45) is 0 Å². The van der Waals surface area contributed by atoms with Crippen molar-refractivity contribution in [2.75, 3.05) is 17.7 Å². The van der Waals surface area contributed by atoms with Crippen LogP contribution in [0.3, 0.4) is 0 Å². The van der Waals surface area contributed by atoms with Crippen LogP contribution in [0.1, 0.15) is 10.4 Å². The molecule has 0 aliphatic carbocycles. The number of nitrogens with one attached hydrogen (secondary N) is 3. The number of anilines is 2. The molecule has 24 heavy (non-hydrogen) atoms. The monoisotopic (exact) mass is 436 g/mol. The van der Waals surface area contributed by atoms with E-state index in [9.17, 15) is 9.59 Å². The van der Waals surface area contributed by atoms with Crippen LogP contribution in [0, 0.1) is 3.57 Å². The molecule has 1 aromatic heterocycles. The molecule has 0 aliphatic rings. The van der Waals surface area contributed by atoms with Gasteiger partial charge in [0.1, 0.15) is 0 Å². The molecule has 122 valence electrons. The van der Waals surface area contributed by atoms with Gasteiger partial charge in [-0.2, -0.15) is 0 Å². The number of hydrogen-bond donors (Lipinski definition) is 3. The molecule has 2 amide bonds. The van der Waals surface area contributed by atoms with Gasteiger partial charge in [0, 0.05) is 14.8 Å². The molecule has 0 spiro atoms. The summed E-state index contributed by atoms with van der Waals surface area (Å²) in [4.78, 5) is 30.6. The summed E-state index contributed by atoms with van der Waals surface area (Å²) >= 11 is 2.18. The van der Waals surface area contributed by atoms with Gasteiger partial charge in [0.2, 0.25) is 5.95 Å². The van der Waals surface area contributed by atoms with Crippen LogP contribution in [0.5, 0.6) is 0 Å². The maximum atomic E-state index is 12.2. The molecule has 0 unspecified atom stereocenters. The largest absolute Gasteiger partial charge is 0.453 e. The molecule has 7 nitrogen and oxygen atoms in total. The first-order valence-electron chi connectivity index (χ1n) is 6.97. The Morgan fingerprint density at radius 1 is 1.12 bits per heavy atom. The number of amides is 2. The van der Waals surface area contributed by atoms with Crippen molar-refractivity contribution in [3.63, 3.8) is 0 Å². The van der Waals surface area contributed by atoms with Gasteiger partial charge in [-0.25, -0.2) is 9.78 Å². The molecule has 3 N–H and O–H groups in total. The second-order valence-corrected chi connectivity index (χ2v) is 6.14. The van der Waals surface area contributed by atoms with Gasteiger partial charge in [0.05, 0.1) is 18.1 Å². The summed E-state index contributed by atoms with van der Waals surface area (Å²) in [6.45, 7) is 0. The molecule has 3 rings (SSSR count). The van der Waals surface area contributed by atoms with Crippen molar-refractivity contribution in [3.05, 3.63) is 51.6 Å². The number of halogens is 1. The summed E-state index contributed by atoms with van der Waals surface area (Å²) in [6.07, 6.45) is -0.610. The number of benzene rings is 2. The molecule has 3 aromatic rings. The van der Waals surface area contributed by atoms with Crippen molar-refractivity contribution in [2.45, 2.75) is 0 Å². The number of methoxy groups -OCH3 is 1. The molecule has 0 bridgehead atoms. The predicted molar refractivity (Wildman–Crippen MR) is 99.2 cm³/mol. The van der Waals surface area contributed by atoms with E-state index in [1.807, 2.05) is 12.1 Å². The number of aromatic nitrogens is 2. The van der Waals surface area contributed by atoms with Gasteiger partial charge < -0.3 is 15.0 Å². The zero-order valence-electron chi connectivity index (χ0n) is 12.6. The molecule has 0 fully saturated rings. The van der Waals surface area contributed by atoms with Gasteiger partial charge in [-0.1, -0.05) is 0 Å². The number of nitrogens with zero attached hydrogens (tertiary/aromatic N) is 1. The lowest BCUT2D eigenvalue weighted by molar-refractivity contribution is 0.102. The van der Waals surface area contributed by atoms with Crippen LogP contribution < -0.4 is 10.6 Å². The lowest BCUT2D eigenvalue weighted by Crippen LogP contribution is -2.11. The number of H-pyrrole nitrogens is 1. The van der Waals surface area contributed by atoms with Gasteiger partial charge in [0.25, 0.3) is 5.91 Å². The van der Waals surface area contributed by atoms with Crippen LogP contribution in [0.15, 0.2) is 42.5 Å². The third-order valence-corrected chi connectivity index (χ3v) is 3.97. The van der Waals surface area contributed by atoms with E-state index in [1.54, 1.807) is 30.3 Å². The van der Waals surface area contributed by atoms with Crippen molar-refractivity contribution >= 4 is 57.3 Å². The maximum absolute atomic E-state index is 12.2. The van der Waals surface area contributed by atoms with Gasteiger partial charge >= 0.3 is 6.09 Å². The molecule has 0 saturated carbocycles. The minimum absolute atomic E-state index is 0.196. The van der Waals surface area contributed by atoms with Crippen LogP contribution in [0.4, 0.5) is 16.4 Å². The van der Waals surface area contributed by atoms with E-state index in [-0.39, 0.29) is 11.9 Å². The average Bonchev–Trinajstić information content (AvgIpc) is 2.96. The number of aromatic amines is 1. The van der Waals surface area contributed by atoms with E-state index in [0.29, 0.717) is 22.3 Å². The molecular weight excluding hydrogens is 423 g/mol. The smallest absolute Gasteiger partial charge is 0.413 e. The van der Waals surface area contributed by atoms with E-state index >= 15 is 0 Å². The van der Waals surface area contributed by atoms with Crippen LogP contribution in [-0.4, -0.2) is 29.1 Å². The van der Waals surface area contributed by atoms with Crippen LogP contribution >= 0.6 is 22.6 Å². The first-order chi connectivity index (χ1) is 11.5. The fraction of sp³-hybridized carbons (Fsp3) is 0.0625. The first kappa shape index (κ1) is 16.2. The summed E-state index contributed by atoms with van der Waals surface area (Å²) in [6, 6.07) is 12.5. The number of hydrogen-bond acceptors (Lipinski definition) is 4. The average molecular weight is 436 g/mol. The Hall–Kier alpha value is -2.62. The van der Waals surface area contributed by atoms with Crippen molar-refractivity contribution in [3.8, 4) is 0 Å². The number of ether oxygens (including phenoxy) is 1. The highest BCUT2D eigenvalue weighted by Gasteiger charge is 2.09. The second kappa shape index (κ2) is 6.87. The number of carbonyl (C=O) groups excluding carboxylic acids is 2. The van der Waals surface area contributed by atoms with Crippen molar-refractivity contribution < 1.29 is 14.3 Å². The third-order valence-electron chi connectivity index (χ3n) is 3.25. The Morgan fingerprint density at radius 2 is 1.88 bits per heavy atom. The quantitative estimate of drug-likeness (QED) is 0.547. The molecule has 0 aliphatic heterocycles. The molecule has 0 atom stereocenters. The van der Waals surface area contributed by atoms with E-state index in [4.69, 9.17) is 0 Å². The second-order valence-electron chi connectivity index (χ2n) is 4.89. The summed E-state index contributed by atoms with van der Waals surface area (Å²) < 4.78 is 5.58. The molecule has 0 saturated heterocycles. The summed E-state index contributed by atoms with van der Waals surface area (Å²) in [5, 5.41) is 5.29. The van der Waals surface area contributed by atoms with E-state index in [2.05, 4.69) is 47.9 Å². The van der Waals surface area contributed by atoms with E-state index < -0.39 is 6.09 Å². The first-order valence-corrected chi connectivity index (χ1v) is 8.04. The van der Waals surface area contributed by atoms with Gasteiger partial charge in [-0.15, -0.1) is 0 Å². The minimum atomic E-state index is -0.610.